The second-order valence-corrected chi connectivity index (χ2v) is 8.43. The Morgan fingerprint density at radius 3 is 2.33 bits per heavy atom. The molecule has 0 bridgehead atoms. The lowest BCUT2D eigenvalue weighted by atomic mass is 9.89. The molecule has 1 N–H and O–H groups in total. The zero-order valence-electron chi connectivity index (χ0n) is 18.4. The molecule has 1 unspecified atom stereocenters. The molecule has 0 aliphatic carbocycles. The highest BCUT2D eigenvalue weighted by atomic mass is 79.9. The average Bonchev–Trinajstić information content (AvgIpc) is 2.75. The van der Waals surface area contributed by atoms with E-state index in [-0.39, 0.29) is 6.04 Å². The van der Waals surface area contributed by atoms with Crippen LogP contribution in [0.3, 0.4) is 0 Å². The first-order valence-corrected chi connectivity index (χ1v) is 10.9. The lowest BCUT2D eigenvalue weighted by Gasteiger charge is -2.30. The van der Waals surface area contributed by atoms with Crippen molar-refractivity contribution in [1.29, 1.82) is 0 Å². The summed E-state index contributed by atoms with van der Waals surface area (Å²) < 4.78 is 23.7. The van der Waals surface area contributed by atoms with Crippen molar-refractivity contribution in [3.05, 3.63) is 45.4 Å². The van der Waals surface area contributed by atoms with Gasteiger partial charge in [0.05, 0.1) is 38.5 Å². The number of rotatable bonds is 9. The van der Waals surface area contributed by atoms with Crippen LogP contribution in [0.1, 0.15) is 29.2 Å². The first kappa shape index (κ1) is 22.7. The van der Waals surface area contributed by atoms with E-state index >= 15 is 0 Å². The van der Waals surface area contributed by atoms with Crippen LogP contribution < -0.4 is 24.3 Å². The van der Waals surface area contributed by atoms with Gasteiger partial charge >= 0.3 is 0 Å². The van der Waals surface area contributed by atoms with E-state index < -0.39 is 0 Å². The monoisotopic (exact) mass is 478 g/mol. The zero-order chi connectivity index (χ0) is 21.7. The standard InChI is InChI=1S/C23H31BrN2O4/c1-26(2)9-6-10-30-22-13-16-15(11-21(22)29-5)7-8-25-23(16)17-12-18(24)20(28-4)14-19(17)27-3/h11-14,23,25H,6-10H2,1-5H3. The molecule has 6 nitrogen and oxygen atoms in total. The van der Waals surface area contributed by atoms with Gasteiger partial charge in [-0.05, 0) is 72.2 Å². The maximum Gasteiger partial charge on any atom is 0.161 e. The van der Waals surface area contributed by atoms with E-state index in [0.717, 1.165) is 59.0 Å². The van der Waals surface area contributed by atoms with Crippen molar-refractivity contribution in [3.8, 4) is 23.0 Å². The summed E-state index contributed by atoms with van der Waals surface area (Å²) >= 11 is 3.61. The molecule has 1 atom stereocenters. The molecular weight excluding hydrogens is 448 g/mol. The van der Waals surface area contributed by atoms with Crippen LogP contribution in [0, 0.1) is 0 Å². The third kappa shape index (κ3) is 5.02. The van der Waals surface area contributed by atoms with Crippen molar-refractivity contribution < 1.29 is 18.9 Å². The van der Waals surface area contributed by atoms with Gasteiger partial charge in [0.2, 0.25) is 0 Å². The molecule has 1 aliphatic rings. The largest absolute Gasteiger partial charge is 0.496 e. The molecule has 2 aromatic carbocycles. The molecule has 0 amide bonds. The summed E-state index contributed by atoms with van der Waals surface area (Å²) in [4.78, 5) is 2.15. The van der Waals surface area contributed by atoms with E-state index in [2.05, 4.69) is 58.4 Å². The number of hydrogen-bond acceptors (Lipinski definition) is 6. The Kier molecular flexibility index (Phi) is 7.86. The topological polar surface area (TPSA) is 52.2 Å². The number of halogens is 1. The van der Waals surface area contributed by atoms with Crippen LogP contribution in [0.5, 0.6) is 23.0 Å². The number of hydrogen-bond donors (Lipinski definition) is 1. The van der Waals surface area contributed by atoms with E-state index in [0.29, 0.717) is 6.61 Å². The van der Waals surface area contributed by atoms with Gasteiger partial charge in [-0.3, -0.25) is 0 Å². The lowest BCUT2D eigenvalue weighted by Crippen LogP contribution is -2.31. The second kappa shape index (κ2) is 10.4. The SMILES string of the molecule is COc1cc(OC)c(C2NCCc3cc(OC)c(OCCCN(C)C)cc32)cc1Br. The number of ether oxygens (including phenoxy) is 4. The van der Waals surface area contributed by atoms with Crippen molar-refractivity contribution in [2.24, 2.45) is 0 Å². The van der Waals surface area contributed by atoms with Crippen molar-refractivity contribution >= 4 is 15.9 Å². The predicted molar refractivity (Wildman–Crippen MR) is 122 cm³/mol. The molecule has 7 heteroatoms. The van der Waals surface area contributed by atoms with Crippen LogP contribution in [-0.2, 0) is 6.42 Å². The molecule has 0 spiro atoms. The Balaban J connectivity index is 1.96. The molecule has 0 radical (unpaired) electrons. The van der Waals surface area contributed by atoms with Gasteiger partial charge in [-0.15, -0.1) is 0 Å². The molecule has 0 saturated carbocycles. The quantitative estimate of drug-likeness (QED) is 0.548. The van der Waals surface area contributed by atoms with Crippen LogP contribution in [-0.4, -0.2) is 60.0 Å². The van der Waals surface area contributed by atoms with Gasteiger partial charge in [0, 0.05) is 24.7 Å². The van der Waals surface area contributed by atoms with Crippen molar-refractivity contribution in [3.63, 3.8) is 0 Å². The van der Waals surface area contributed by atoms with Crippen LogP contribution in [0.4, 0.5) is 0 Å². The fourth-order valence-corrected chi connectivity index (χ4v) is 4.31. The summed E-state index contributed by atoms with van der Waals surface area (Å²) in [6.07, 6.45) is 1.89. The number of nitrogens with one attached hydrogen (secondary N) is 1. The third-order valence-electron chi connectivity index (χ3n) is 5.30. The van der Waals surface area contributed by atoms with E-state index in [4.69, 9.17) is 18.9 Å². The molecule has 30 heavy (non-hydrogen) atoms. The second-order valence-electron chi connectivity index (χ2n) is 7.57. The van der Waals surface area contributed by atoms with E-state index in [1.165, 1.54) is 11.1 Å². The first-order valence-electron chi connectivity index (χ1n) is 10.1. The number of fused-ring (bicyclic) bond motifs is 1. The smallest absolute Gasteiger partial charge is 0.161 e. The lowest BCUT2D eigenvalue weighted by molar-refractivity contribution is 0.267. The Hall–Kier alpha value is -1.96. The van der Waals surface area contributed by atoms with E-state index in [1.807, 2.05) is 6.07 Å². The van der Waals surface area contributed by atoms with Crippen LogP contribution in [0.15, 0.2) is 28.7 Å². The normalized spacial score (nSPS) is 15.6. The summed E-state index contributed by atoms with van der Waals surface area (Å²) in [5.41, 5.74) is 3.49. The number of nitrogens with zero attached hydrogens (tertiary/aromatic N) is 1. The molecule has 1 heterocycles. The highest BCUT2D eigenvalue weighted by molar-refractivity contribution is 9.10. The molecule has 3 rings (SSSR count). The fourth-order valence-electron chi connectivity index (χ4n) is 3.79. The minimum atomic E-state index is -0.0130. The van der Waals surface area contributed by atoms with Crippen molar-refractivity contribution in [2.45, 2.75) is 18.9 Å². The highest BCUT2D eigenvalue weighted by Crippen LogP contribution is 2.42. The van der Waals surface area contributed by atoms with Gasteiger partial charge in [0.15, 0.2) is 11.5 Å². The zero-order valence-corrected chi connectivity index (χ0v) is 20.0. The van der Waals surface area contributed by atoms with Gasteiger partial charge in [0.1, 0.15) is 11.5 Å². The van der Waals surface area contributed by atoms with Crippen molar-refractivity contribution in [1.82, 2.24) is 10.2 Å². The van der Waals surface area contributed by atoms with Gasteiger partial charge in [0.25, 0.3) is 0 Å². The summed E-state index contributed by atoms with van der Waals surface area (Å²) in [5, 5.41) is 3.63. The number of methoxy groups -OCH3 is 3. The summed E-state index contributed by atoms with van der Waals surface area (Å²) in [5.74, 6) is 3.08. The van der Waals surface area contributed by atoms with E-state index in [1.54, 1.807) is 21.3 Å². The predicted octanol–water partition coefficient (Wildman–Crippen LogP) is 4.04. The molecule has 0 aromatic heterocycles. The third-order valence-corrected chi connectivity index (χ3v) is 5.92. The fraction of sp³-hybridized carbons (Fsp3) is 0.478. The first-order chi connectivity index (χ1) is 14.5. The van der Waals surface area contributed by atoms with Gasteiger partial charge < -0.3 is 29.2 Å². The Labute approximate surface area is 187 Å². The summed E-state index contributed by atoms with van der Waals surface area (Å²) in [6, 6.07) is 8.18. The van der Waals surface area contributed by atoms with Gasteiger partial charge in [-0.25, -0.2) is 0 Å². The van der Waals surface area contributed by atoms with Gasteiger partial charge in [-0.2, -0.15) is 0 Å². The molecule has 0 fully saturated rings. The maximum atomic E-state index is 6.11. The molecular formula is C23H31BrN2O4. The minimum Gasteiger partial charge on any atom is -0.496 e. The van der Waals surface area contributed by atoms with Crippen molar-refractivity contribution in [2.75, 3.05) is 55.1 Å². The van der Waals surface area contributed by atoms with E-state index in [9.17, 15) is 0 Å². The van der Waals surface area contributed by atoms with Crippen LogP contribution >= 0.6 is 15.9 Å². The number of benzene rings is 2. The Morgan fingerprint density at radius 2 is 1.67 bits per heavy atom. The summed E-state index contributed by atoms with van der Waals surface area (Å²) in [6.45, 7) is 2.49. The molecule has 164 valence electrons. The Morgan fingerprint density at radius 1 is 0.933 bits per heavy atom. The van der Waals surface area contributed by atoms with Crippen LogP contribution in [0.2, 0.25) is 0 Å². The molecule has 0 saturated heterocycles. The Bertz CT molecular complexity index is 873. The highest BCUT2D eigenvalue weighted by Gasteiger charge is 2.27. The molecule has 2 aromatic rings. The van der Waals surface area contributed by atoms with Gasteiger partial charge in [-0.1, -0.05) is 0 Å². The minimum absolute atomic E-state index is 0.0130. The average molecular weight is 479 g/mol. The van der Waals surface area contributed by atoms with Crippen LogP contribution in [0.25, 0.3) is 0 Å². The maximum absolute atomic E-state index is 6.11. The molecule has 1 aliphatic heterocycles. The summed E-state index contributed by atoms with van der Waals surface area (Å²) in [7, 11) is 9.16.